The van der Waals surface area contributed by atoms with E-state index in [9.17, 15) is 9.59 Å². The van der Waals surface area contributed by atoms with E-state index in [-0.39, 0.29) is 18.4 Å². The fourth-order valence-corrected chi connectivity index (χ4v) is 2.01. The van der Waals surface area contributed by atoms with Gasteiger partial charge in [-0.05, 0) is 32.1 Å². The van der Waals surface area contributed by atoms with E-state index in [4.69, 9.17) is 5.11 Å². The van der Waals surface area contributed by atoms with Gasteiger partial charge in [0.15, 0.2) is 0 Å². The van der Waals surface area contributed by atoms with Gasteiger partial charge in [-0.25, -0.2) is 4.79 Å². The summed E-state index contributed by atoms with van der Waals surface area (Å²) in [6, 6.07) is -0.112. The molecule has 18 heavy (non-hydrogen) atoms. The number of nitrogens with one attached hydrogen (secondary N) is 1. The van der Waals surface area contributed by atoms with Gasteiger partial charge < -0.3 is 15.3 Å². The van der Waals surface area contributed by atoms with Crippen molar-refractivity contribution < 1.29 is 14.7 Å². The average molecular weight is 258 g/mol. The second kappa shape index (κ2) is 8.78. The summed E-state index contributed by atoms with van der Waals surface area (Å²) < 4.78 is 0. The summed E-state index contributed by atoms with van der Waals surface area (Å²) in [6.45, 7) is 9.71. The van der Waals surface area contributed by atoms with Crippen LogP contribution >= 0.6 is 0 Å². The number of carbonyl (C=O) groups is 2. The van der Waals surface area contributed by atoms with Crippen LogP contribution in [0.4, 0.5) is 4.79 Å². The molecule has 0 rings (SSSR count). The first kappa shape index (κ1) is 16.7. The average Bonchev–Trinajstić information content (AvgIpc) is 2.26. The molecule has 0 aliphatic heterocycles. The van der Waals surface area contributed by atoms with Gasteiger partial charge in [0.1, 0.15) is 0 Å². The number of nitrogens with zero attached hydrogens (tertiary/aromatic N) is 1. The van der Waals surface area contributed by atoms with Crippen LogP contribution in [0, 0.1) is 11.8 Å². The van der Waals surface area contributed by atoms with Crippen LogP contribution in [0.25, 0.3) is 0 Å². The highest BCUT2D eigenvalue weighted by molar-refractivity contribution is 5.74. The van der Waals surface area contributed by atoms with Gasteiger partial charge in [-0.15, -0.1) is 0 Å². The van der Waals surface area contributed by atoms with Crippen LogP contribution in [0.3, 0.4) is 0 Å². The molecule has 0 heterocycles. The van der Waals surface area contributed by atoms with Gasteiger partial charge in [-0.2, -0.15) is 0 Å². The first-order valence-corrected chi connectivity index (χ1v) is 6.65. The highest BCUT2D eigenvalue weighted by Crippen LogP contribution is 2.14. The maximum atomic E-state index is 11.7. The van der Waals surface area contributed by atoms with Gasteiger partial charge in [-0.3, -0.25) is 4.79 Å². The van der Waals surface area contributed by atoms with Crippen molar-refractivity contribution in [1.82, 2.24) is 10.2 Å². The zero-order chi connectivity index (χ0) is 14.1. The normalized spacial score (nSPS) is 12.3. The summed E-state index contributed by atoms with van der Waals surface area (Å²) in [6.07, 6.45) is 0.918. The maximum Gasteiger partial charge on any atom is 0.317 e. The molecule has 0 fully saturated rings. The molecule has 0 aromatic rings. The molecular formula is C13H26N2O3. The van der Waals surface area contributed by atoms with Gasteiger partial charge in [0.2, 0.25) is 0 Å². The molecule has 0 aromatic heterocycles. The molecule has 1 atom stereocenters. The molecule has 0 bridgehead atoms. The van der Waals surface area contributed by atoms with E-state index in [1.165, 1.54) is 0 Å². The van der Waals surface area contributed by atoms with Crippen LogP contribution in [0.5, 0.6) is 0 Å². The maximum absolute atomic E-state index is 11.7. The van der Waals surface area contributed by atoms with Gasteiger partial charge >= 0.3 is 12.0 Å². The Labute approximate surface area is 110 Å². The highest BCUT2D eigenvalue weighted by atomic mass is 16.4. The van der Waals surface area contributed by atoms with Crippen molar-refractivity contribution in [3.8, 4) is 0 Å². The fourth-order valence-electron chi connectivity index (χ4n) is 2.01. The summed E-state index contributed by atoms with van der Waals surface area (Å²) in [7, 11) is 0. The molecule has 0 saturated heterocycles. The first-order chi connectivity index (χ1) is 8.40. The van der Waals surface area contributed by atoms with Crippen LogP contribution in [0.2, 0.25) is 0 Å². The van der Waals surface area contributed by atoms with Gasteiger partial charge in [-0.1, -0.05) is 13.8 Å². The minimum Gasteiger partial charge on any atom is -0.481 e. The van der Waals surface area contributed by atoms with E-state index < -0.39 is 5.97 Å². The number of hydrogen-bond acceptors (Lipinski definition) is 2. The Balaban J connectivity index is 4.24. The Morgan fingerprint density at radius 1 is 1.22 bits per heavy atom. The second-order valence-electron chi connectivity index (χ2n) is 4.95. The Morgan fingerprint density at radius 3 is 2.17 bits per heavy atom. The van der Waals surface area contributed by atoms with Crippen molar-refractivity contribution >= 4 is 12.0 Å². The quantitative estimate of drug-likeness (QED) is 0.701. The van der Waals surface area contributed by atoms with E-state index in [1.807, 2.05) is 13.8 Å². The van der Waals surface area contributed by atoms with E-state index in [0.29, 0.717) is 25.6 Å². The molecule has 0 aliphatic carbocycles. The van der Waals surface area contributed by atoms with E-state index in [0.717, 1.165) is 6.42 Å². The molecule has 0 radical (unpaired) electrons. The molecule has 0 saturated carbocycles. The Kier molecular flexibility index (Phi) is 8.16. The number of carboxylic acid groups (broad SMARTS) is 1. The number of aliphatic carboxylic acids is 1. The summed E-state index contributed by atoms with van der Waals surface area (Å²) in [5.74, 6) is -0.376. The highest BCUT2D eigenvalue weighted by Gasteiger charge is 2.17. The predicted octanol–water partition coefficient (Wildman–Crippen LogP) is 2.17. The largest absolute Gasteiger partial charge is 0.481 e. The molecule has 0 aliphatic rings. The molecule has 0 aromatic carbocycles. The van der Waals surface area contributed by atoms with E-state index in [1.54, 1.807) is 4.90 Å². The van der Waals surface area contributed by atoms with Crippen LogP contribution in [-0.2, 0) is 4.79 Å². The zero-order valence-corrected chi connectivity index (χ0v) is 11.9. The number of urea groups is 1. The minimum atomic E-state index is -0.808. The summed E-state index contributed by atoms with van der Waals surface area (Å²) in [5.41, 5.74) is 0. The lowest BCUT2D eigenvalue weighted by molar-refractivity contribution is -0.138. The summed E-state index contributed by atoms with van der Waals surface area (Å²) in [4.78, 5) is 24.2. The number of hydrogen-bond donors (Lipinski definition) is 2. The van der Waals surface area contributed by atoms with Crippen molar-refractivity contribution in [2.75, 3.05) is 19.6 Å². The van der Waals surface area contributed by atoms with Crippen LogP contribution < -0.4 is 5.32 Å². The van der Waals surface area contributed by atoms with Crippen molar-refractivity contribution in [2.24, 2.45) is 11.8 Å². The van der Waals surface area contributed by atoms with Gasteiger partial charge in [0, 0.05) is 26.1 Å². The Hall–Kier alpha value is -1.26. The molecule has 5 nitrogen and oxygen atoms in total. The third kappa shape index (κ3) is 7.14. The van der Waals surface area contributed by atoms with Crippen molar-refractivity contribution in [3.05, 3.63) is 0 Å². The molecule has 0 spiro atoms. The van der Waals surface area contributed by atoms with E-state index >= 15 is 0 Å². The first-order valence-electron chi connectivity index (χ1n) is 6.65. The molecule has 2 amide bonds. The van der Waals surface area contributed by atoms with Crippen LogP contribution in [0.15, 0.2) is 0 Å². The minimum absolute atomic E-state index is 0.00186. The number of amides is 2. The van der Waals surface area contributed by atoms with Crippen molar-refractivity contribution in [2.45, 2.75) is 40.5 Å². The van der Waals surface area contributed by atoms with E-state index in [2.05, 4.69) is 19.2 Å². The van der Waals surface area contributed by atoms with Crippen molar-refractivity contribution in [3.63, 3.8) is 0 Å². The lowest BCUT2D eigenvalue weighted by Gasteiger charge is -2.22. The van der Waals surface area contributed by atoms with Crippen molar-refractivity contribution in [1.29, 1.82) is 0 Å². The lowest BCUT2D eigenvalue weighted by atomic mass is 9.94. The molecule has 5 heteroatoms. The van der Waals surface area contributed by atoms with Gasteiger partial charge in [0.05, 0.1) is 0 Å². The number of carbonyl (C=O) groups excluding carboxylic acids is 1. The second-order valence-corrected chi connectivity index (χ2v) is 4.95. The molecular weight excluding hydrogens is 232 g/mol. The Bertz CT molecular complexity index is 263. The number of carboxylic acids is 1. The van der Waals surface area contributed by atoms with Crippen LogP contribution in [0.1, 0.15) is 40.5 Å². The topological polar surface area (TPSA) is 69.6 Å². The standard InChI is InChI=1S/C13H26N2O3/c1-5-15(6-2)13(18)14-9-11(7-10(3)4)8-12(16)17/h10-11H,5-9H2,1-4H3,(H,14,18)(H,16,17). The number of rotatable bonds is 8. The molecule has 1 unspecified atom stereocenters. The van der Waals surface area contributed by atoms with Gasteiger partial charge in [0.25, 0.3) is 0 Å². The fraction of sp³-hybridized carbons (Fsp3) is 0.846. The third-order valence-corrected chi connectivity index (χ3v) is 2.86. The predicted molar refractivity (Wildman–Crippen MR) is 71.5 cm³/mol. The lowest BCUT2D eigenvalue weighted by Crippen LogP contribution is -2.42. The monoisotopic (exact) mass is 258 g/mol. The molecule has 106 valence electrons. The summed E-state index contributed by atoms with van der Waals surface area (Å²) >= 11 is 0. The SMILES string of the molecule is CCN(CC)C(=O)NCC(CC(=O)O)CC(C)C. The third-order valence-electron chi connectivity index (χ3n) is 2.86. The summed E-state index contributed by atoms with van der Waals surface area (Å²) in [5, 5.41) is 11.7. The molecule has 2 N–H and O–H groups in total. The smallest absolute Gasteiger partial charge is 0.317 e. The zero-order valence-electron chi connectivity index (χ0n) is 11.9. The Morgan fingerprint density at radius 2 is 1.78 bits per heavy atom. The van der Waals surface area contributed by atoms with Crippen LogP contribution in [-0.4, -0.2) is 41.6 Å².